The van der Waals surface area contributed by atoms with Crippen LogP contribution in [0.3, 0.4) is 0 Å². The van der Waals surface area contributed by atoms with Crippen molar-refractivity contribution in [3.8, 4) is 5.75 Å². The van der Waals surface area contributed by atoms with Crippen molar-refractivity contribution < 1.29 is 22.7 Å². The van der Waals surface area contributed by atoms with Gasteiger partial charge in [-0.15, -0.1) is 0 Å². The minimum absolute atomic E-state index is 0.00746. The molecule has 8 nitrogen and oxygen atoms in total. The summed E-state index contributed by atoms with van der Waals surface area (Å²) in [6, 6.07) is 13.7. The maximum Gasteiger partial charge on any atom is 0.242 e. The van der Waals surface area contributed by atoms with Gasteiger partial charge in [0.2, 0.25) is 21.8 Å². The van der Waals surface area contributed by atoms with Crippen LogP contribution in [0.15, 0.2) is 53.0 Å². The topological polar surface area (TPSA) is 96.0 Å². The van der Waals surface area contributed by atoms with Crippen LogP contribution in [-0.4, -0.2) is 57.1 Å². The highest BCUT2D eigenvalue weighted by atomic mass is 79.9. The average Bonchev–Trinajstić information content (AvgIpc) is 2.83. The third kappa shape index (κ3) is 8.51. The second kappa shape index (κ2) is 13.6. The summed E-state index contributed by atoms with van der Waals surface area (Å²) in [5.74, 6) is -0.0180. The van der Waals surface area contributed by atoms with Gasteiger partial charge in [0.25, 0.3) is 0 Å². The molecule has 2 unspecified atom stereocenters. The van der Waals surface area contributed by atoms with Crippen molar-refractivity contribution in [3.63, 3.8) is 0 Å². The largest absolute Gasteiger partial charge is 0.495 e. The van der Waals surface area contributed by atoms with Crippen molar-refractivity contribution in [1.82, 2.24) is 10.2 Å². The number of benzene rings is 2. The van der Waals surface area contributed by atoms with Crippen LogP contribution in [0.2, 0.25) is 0 Å². The van der Waals surface area contributed by atoms with Crippen LogP contribution in [0, 0.1) is 0 Å². The van der Waals surface area contributed by atoms with Crippen LogP contribution < -0.4 is 14.4 Å². The third-order valence-corrected chi connectivity index (χ3v) is 7.59. The van der Waals surface area contributed by atoms with Crippen molar-refractivity contribution in [2.45, 2.75) is 58.7 Å². The highest BCUT2D eigenvalue weighted by molar-refractivity contribution is 9.10. The quantitative estimate of drug-likeness (QED) is 0.379. The predicted octanol–water partition coefficient (Wildman–Crippen LogP) is 4.34. The normalized spacial score (nSPS) is 12.9. The molecule has 2 rings (SSSR count). The van der Waals surface area contributed by atoms with Crippen molar-refractivity contribution in [2.24, 2.45) is 0 Å². The van der Waals surface area contributed by atoms with E-state index in [-0.39, 0.29) is 43.8 Å². The lowest BCUT2D eigenvalue weighted by atomic mass is 10.1. The number of amides is 2. The third-order valence-electron chi connectivity index (χ3n) is 5.92. The summed E-state index contributed by atoms with van der Waals surface area (Å²) in [6.07, 6.45) is 2.26. The van der Waals surface area contributed by atoms with E-state index in [0.717, 1.165) is 22.7 Å². The number of carbonyl (C=O) groups is 2. The fraction of sp³-hybridized carbons (Fsp3) is 0.462. The maximum absolute atomic E-state index is 13.4. The van der Waals surface area contributed by atoms with Crippen molar-refractivity contribution in [1.29, 1.82) is 0 Å². The van der Waals surface area contributed by atoms with Crippen LogP contribution >= 0.6 is 15.9 Å². The molecule has 2 aromatic rings. The Kier molecular flexibility index (Phi) is 11.2. The van der Waals surface area contributed by atoms with E-state index >= 15 is 0 Å². The molecule has 0 aliphatic rings. The minimum atomic E-state index is -3.61. The second-order valence-electron chi connectivity index (χ2n) is 8.76. The summed E-state index contributed by atoms with van der Waals surface area (Å²) >= 11 is 3.45. The maximum atomic E-state index is 13.4. The van der Waals surface area contributed by atoms with Crippen molar-refractivity contribution in [3.05, 3.63) is 58.6 Å². The Morgan fingerprint density at radius 1 is 1.11 bits per heavy atom. The first kappa shape index (κ1) is 29.6. The lowest BCUT2D eigenvalue weighted by molar-refractivity contribution is -0.140. The Morgan fingerprint density at radius 3 is 2.42 bits per heavy atom. The second-order valence-corrected chi connectivity index (χ2v) is 11.6. The fourth-order valence-corrected chi connectivity index (χ4v) is 5.11. The monoisotopic (exact) mass is 581 g/mol. The number of nitrogens with one attached hydrogen (secondary N) is 1. The Balaban J connectivity index is 2.20. The van der Waals surface area contributed by atoms with Gasteiger partial charge in [0, 0.05) is 30.0 Å². The number of hydrogen-bond acceptors (Lipinski definition) is 5. The molecule has 10 heteroatoms. The molecule has 0 aliphatic heterocycles. The molecule has 0 radical (unpaired) electrons. The van der Waals surface area contributed by atoms with Gasteiger partial charge in [0.05, 0.1) is 19.1 Å². The van der Waals surface area contributed by atoms with Crippen LogP contribution in [0.25, 0.3) is 0 Å². The number of nitrogens with zero attached hydrogens (tertiary/aromatic N) is 2. The molecule has 0 fully saturated rings. The van der Waals surface area contributed by atoms with E-state index in [4.69, 9.17) is 4.74 Å². The summed E-state index contributed by atoms with van der Waals surface area (Å²) in [6.45, 7) is 5.97. The first-order chi connectivity index (χ1) is 17.0. The summed E-state index contributed by atoms with van der Waals surface area (Å²) in [7, 11) is -2.13. The molecule has 0 spiro atoms. The summed E-state index contributed by atoms with van der Waals surface area (Å²) in [5, 5.41) is 2.95. The molecule has 0 saturated carbocycles. The molecule has 2 amide bonds. The minimum Gasteiger partial charge on any atom is -0.495 e. The summed E-state index contributed by atoms with van der Waals surface area (Å²) < 4.78 is 32.5. The molecular weight excluding hydrogens is 546 g/mol. The van der Waals surface area contributed by atoms with E-state index in [2.05, 4.69) is 21.2 Å². The molecule has 0 aromatic heterocycles. The van der Waals surface area contributed by atoms with Gasteiger partial charge in [-0.2, -0.15) is 0 Å². The number of ether oxygens (including phenoxy) is 1. The number of hydrogen-bond donors (Lipinski definition) is 1. The first-order valence-corrected chi connectivity index (χ1v) is 14.6. The van der Waals surface area contributed by atoms with Gasteiger partial charge in [-0.3, -0.25) is 13.9 Å². The molecule has 0 bridgehead atoms. The summed E-state index contributed by atoms with van der Waals surface area (Å²) in [5.41, 5.74) is 1.30. The highest BCUT2D eigenvalue weighted by Gasteiger charge is 2.27. The Labute approximate surface area is 223 Å². The molecule has 0 saturated heterocycles. The standard InChI is InChI=1S/C26H36BrN3O5S/c1-6-19(2)28-26(32)20(3)29(18-21-11-9-12-22(27)17-21)25(31)15-10-16-30(36(5,33)34)23-13-7-8-14-24(23)35-4/h7-9,11-14,17,19-20H,6,10,15-16,18H2,1-5H3,(H,28,32). The van der Waals surface area contributed by atoms with E-state index in [1.807, 2.05) is 38.1 Å². The zero-order valence-electron chi connectivity index (χ0n) is 21.5. The number of rotatable bonds is 13. The van der Waals surface area contributed by atoms with Crippen LogP contribution in [-0.2, 0) is 26.2 Å². The number of methoxy groups -OCH3 is 1. The van der Waals surface area contributed by atoms with Gasteiger partial charge in [-0.05, 0) is 56.5 Å². The Bertz CT molecular complexity index is 1140. The molecule has 2 atom stereocenters. The molecule has 1 N–H and O–H groups in total. The average molecular weight is 583 g/mol. The molecule has 0 heterocycles. The smallest absolute Gasteiger partial charge is 0.242 e. The lowest BCUT2D eigenvalue weighted by Gasteiger charge is -2.30. The van der Waals surface area contributed by atoms with E-state index in [0.29, 0.717) is 11.4 Å². The van der Waals surface area contributed by atoms with Gasteiger partial charge < -0.3 is 15.0 Å². The van der Waals surface area contributed by atoms with Gasteiger partial charge in [0.15, 0.2) is 0 Å². The van der Waals surface area contributed by atoms with Crippen molar-refractivity contribution >= 4 is 43.5 Å². The number of halogens is 1. The molecule has 198 valence electrons. The van der Waals surface area contributed by atoms with Gasteiger partial charge in [-0.25, -0.2) is 8.42 Å². The predicted molar refractivity (Wildman–Crippen MR) is 146 cm³/mol. The summed E-state index contributed by atoms with van der Waals surface area (Å²) in [4.78, 5) is 27.8. The van der Waals surface area contributed by atoms with Crippen LogP contribution in [0.4, 0.5) is 5.69 Å². The number of carbonyl (C=O) groups excluding carboxylic acids is 2. The number of anilines is 1. The van der Waals surface area contributed by atoms with E-state index < -0.39 is 16.1 Å². The molecular formula is C26H36BrN3O5S. The Hall–Kier alpha value is -2.59. The zero-order chi connectivity index (χ0) is 26.9. The highest BCUT2D eigenvalue weighted by Crippen LogP contribution is 2.29. The zero-order valence-corrected chi connectivity index (χ0v) is 23.9. The first-order valence-electron chi connectivity index (χ1n) is 11.9. The van der Waals surface area contributed by atoms with Crippen LogP contribution in [0.5, 0.6) is 5.75 Å². The SMILES string of the molecule is CCC(C)NC(=O)C(C)N(Cc1cccc(Br)c1)C(=O)CCCN(c1ccccc1OC)S(C)(=O)=O. The molecule has 2 aromatic carbocycles. The van der Waals surface area contributed by atoms with Gasteiger partial charge >= 0.3 is 0 Å². The number of para-hydroxylation sites is 2. The van der Waals surface area contributed by atoms with Crippen molar-refractivity contribution in [2.75, 3.05) is 24.2 Å². The fourth-order valence-electron chi connectivity index (χ4n) is 3.70. The van der Waals surface area contributed by atoms with E-state index in [1.165, 1.54) is 11.4 Å². The van der Waals surface area contributed by atoms with Crippen LogP contribution in [0.1, 0.15) is 45.6 Å². The molecule has 36 heavy (non-hydrogen) atoms. The van der Waals surface area contributed by atoms with E-state index in [1.54, 1.807) is 36.1 Å². The Morgan fingerprint density at radius 2 is 1.81 bits per heavy atom. The molecule has 0 aliphatic carbocycles. The van der Waals surface area contributed by atoms with Gasteiger partial charge in [-0.1, -0.05) is 47.1 Å². The number of sulfonamides is 1. The van der Waals surface area contributed by atoms with E-state index in [9.17, 15) is 18.0 Å². The van der Waals surface area contributed by atoms with Gasteiger partial charge in [0.1, 0.15) is 11.8 Å². The lowest BCUT2D eigenvalue weighted by Crippen LogP contribution is -2.49.